The first-order valence-corrected chi connectivity index (χ1v) is 5.78. The van der Waals surface area contributed by atoms with E-state index in [0.717, 1.165) is 23.7 Å². The molecule has 4 heteroatoms. The topological polar surface area (TPSA) is 18.5 Å². The Hall–Kier alpha value is -0.610. The third kappa shape index (κ3) is 2.92. The number of hydrogen-bond acceptors (Lipinski definition) is 2. The minimum absolute atomic E-state index is 0.247. The van der Waals surface area contributed by atoms with Crippen LogP contribution in [0.5, 0.6) is 5.75 Å². The lowest BCUT2D eigenvalue weighted by molar-refractivity contribution is -0.107. The minimum Gasteiger partial charge on any atom is -0.462 e. The number of rotatable bonds is 2. The van der Waals surface area contributed by atoms with Crippen LogP contribution in [0.2, 0.25) is 0 Å². The molecule has 0 amide bonds. The van der Waals surface area contributed by atoms with Crippen molar-refractivity contribution in [3.05, 3.63) is 28.5 Å². The molecular weight excluding hydrogens is 263 g/mol. The molecule has 0 radical (unpaired) electrons. The standard InChI is InChI=1S/C11H12BrFO2/c12-8-4-5-9(13)10(7-8)15-11-3-1-2-6-14-11/h4-5,7,11H,1-3,6H2. The van der Waals surface area contributed by atoms with Gasteiger partial charge in [-0.05, 0) is 31.0 Å². The molecule has 2 rings (SSSR count). The lowest BCUT2D eigenvalue weighted by atomic mass is 10.2. The van der Waals surface area contributed by atoms with Crippen molar-refractivity contribution >= 4 is 15.9 Å². The largest absolute Gasteiger partial charge is 0.462 e. The van der Waals surface area contributed by atoms with Gasteiger partial charge < -0.3 is 9.47 Å². The molecule has 0 spiro atoms. The van der Waals surface area contributed by atoms with E-state index in [1.54, 1.807) is 12.1 Å². The van der Waals surface area contributed by atoms with E-state index in [4.69, 9.17) is 9.47 Å². The summed E-state index contributed by atoms with van der Waals surface area (Å²) in [6.07, 6.45) is 2.65. The van der Waals surface area contributed by atoms with E-state index in [9.17, 15) is 4.39 Å². The molecule has 1 aliphatic heterocycles. The molecule has 0 aliphatic carbocycles. The predicted molar refractivity (Wildman–Crippen MR) is 58.3 cm³/mol. The summed E-state index contributed by atoms with van der Waals surface area (Å²) in [4.78, 5) is 0. The highest BCUT2D eigenvalue weighted by Gasteiger charge is 2.17. The minimum atomic E-state index is -0.354. The van der Waals surface area contributed by atoms with Gasteiger partial charge in [0.25, 0.3) is 0 Å². The molecule has 0 saturated carbocycles. The maximum absolute atomic E-state index is 13.3. The molecule has 1 saturated heterocycles. The van der Waals surface area contributed by atoms with Crippen LogP contribution in [0.1, 0.15) is 19.3 Å². The maximum Gasteiger partial charge on any atom is 0.199 e. The average molecular weight is 275 g/mol. The second kappa shape index (κ2) is 4.94. The molecule has 2 nitrogen and oxygen atoms in total. The van der Waals surface area contributed by atoms with Gasteiger partial charge >= 0.3 is 0 Å². The Balaban J connectivity index is 2.05. The monoisotopic (exact) mass is 274 g/mol. The Morgan fingerprint density at radius 3 is 3.00 bits per heavy atom. The summed E-state index contributed by atoms with van der Waals surface area (Å²) in [6, 6.07) is 4.64. The van der Waals surface area contributed by atoms with Crippen molar-refractivity contribution in [2.24, 2.45) is 0 Å². The molecule has 1 unspecified atom stereocenters. The molecule has 1 aromatic carbocycles. The van der Waals surface area contributed by atoms with Gasteiger partial charge in [-0.1, -0.05) is 15.9 Å². The Kier molecular flexibility index (Phi) is 3.59. The van der Waals surface area contributed by atoms with E-state index in [-0.39, 0.29) is 17.9 Å². The lowest BCUT2D eigenvalue weighted by Crippen LogP contribution is -2.25. The van der Waals surface area contributed by atoms with Crippen LogP contribution in [-0.2, 0) is 4.74 Å². The van der Waals surface area contributed by atoms with Crippen molar-refractivity contribution in [2.75, 3.05) is 6.61 Å². The highest BCUT2D eigenvalue weighted by molar-refractivity contribution is 9.10. The highest BCUT2D eigenvalue weighted by Crippen LogP contribution is 2.25. The first-order valence-electron chi connectivity index (χ1n) is 4.99. The Morgan fingerprint density at radius 2 is 2.27 bits per heavy atom. The van der Waals surface area contributed by atoms with Crippen molar-refractivity contribution in [3.8, 4) is 5.75 Å². The Bertz CT molecular complexity index is 337. The summed E-state index contributed by atoms with van der Waals surface area (Å²) in [5, 5.41) is 0. The summed E-state index contributed by atoms with van der Waals surface area (Å²) in [5.41, 5.74) is 0. The van der Waals surface area contributed by atoms with Gasteiger partial charge in [0.05, 0.1) is 6.61 Å². The second-order valence-electron chi connectivity index (χ2n) is 3.49. The fraction of sp³-hybridized carbons (Fsp3) is 0.455. The summed E-state index contributed by atoms with van der Waals surface area (Å²) >= 11 is 3.27. The van der Waals surface area contributed by atoms with Crippen LogP contribution in [0, 0.1) is 5.82 Å². The maximum atomic E-state index is 13.3. The van der Waals surface area contributed by atoms with E-state index in [0.29, 0.717) is 6.61 Å². The molecule has 15 heavy (non-hydrogen) atoms. The number of ether oxygens (including phenoxy) is 2. The quantitative estimate of drug-likeness (QED) is 0.822. The third-order valence-electron chi connectivity index (χ3n) is 2.29. The number of halogens is 2. The summed E-state index contributed by atoms with van der Waals surface area (Å²) in [5.74, 6) is -0.108. The lowest BCUT2D eigenvalue weighted by Gasteiger charge is -2.23. The Morgan fingerprint density at radius 1 is 1.40 bits per heavy atom. The average Bonchev–Trinajstić information content (AvgIpc) is 2.25. The molecule has 82 valence electrons. The Labute approximate surface area is 96.5 Å². The zero-order valence-corrected chi connectivity index (χ0v) is 9.80. The van der Waals surface area contributed by atoms with Crippen molar-refractivity contribution in [3.63, 3.8) is 0 Å². The van der Waals surface area contributed by atoms with Gasteiger partial charge in [0.2, 0.25) is 0 Å². The summed E-state index contributed by atoms with van der Waals surface area (Å²) in [7, 11) is 0. The van der Waals surface area contributed by atoms with Crippen LogP contribution in [0.15, 0.2) is 22.7 Å². The van der Waals surface area contributed by atoms with E-state index in [2.05, 4.69) is 15.9 Å². The van der Waals surface area contributed by atoms with Gasteiger partial charge in [-0.3, -0.25) is 0 Å². The number of benzene rings is 1. The zero-order chi connectivity index (χ0) is 10.7. The molecule has 0 bridgehead atoms. The molecule has 1 fully saturated rings. The first-order chi connectivity index (χ1) is 7.25. The van der Waals surface area contributed by atoms with E-state index >= 15 is 0 Å². The molecule has 1 aromatic rings. The predicted octanol–water partition coefficient (Wildman–Crippen LogP) is 3.49. The first kappa shape index (κ1) is 10.9. The number of hydrogen-bond donors (Lipinski definition) is 0. The smallest absolute Gasteiger partial charge is 0.199 e. The molecular formula is C11H12BrFO2. The van der Waals surface area contributed by atoms with Gasteiger partial charge in [-0.2, -0.15) is 0 Å². The van der Waals surface area contributed by atoms with Crippen molar-refractivity contribution in [1.82, 2.24) is 0 Å². The normalized spacial score (nSPS) is 21.3. The van der Waals surface area contributed by atoms with Crippen molar-refractivity contribution < 1.29 is 13.9 Å². The second-order valence-corrected chi connectivity index (χ2v) is 4.40. The van der Waals surface area contributed by atoms with Crippen LogP contribution in [0.4, 0.5) is 4.39 Å². The summed E-state index contributed by atoms with van der Waals surface area (Å²) < 4.78 is 24.9. The van der Waals surface area contributed by atoms with Gasteiger partial charge in [0.15, 0.2) is 17.9 Å². The van der Waals surface area contributed by atoms with Gasteiger partial charge in [-0.15, -0.1) is 0 Å². The van der Waals surface area contributed by atoms with E-state index in [1.807, 2.05) is 0 Å². The van der Waals surface area contributed by atoms with Crippen LogP contribution >= 0.6 is 15.9 Å². The van der Waals surface area contributed by atoms with Crippen LogP contribution in [0.25, 0.3) is 0 Å². The molecule has 1 aliphatic rings. The molecule has 1 atom stereocenters. The fourth-order valence-corrected chi connectivity index (χ4v) is 1.85. The van der Waals surface area contributed by atoms with Gasteiger partial charge in [0.1, 0.15) is 0 Å². The highest BCUT2D eigenvalue weighted by atomic mass is 79.9. The van der Waals surface area contributed by atoms with Crippen LogP contribution < -0.4 is 4.74 Å². The van der Waals surface area contributed by atoms with Crippen molar-refractivity contribution in [2.45, 2.75) is 25.6 Å². The molecule has 0 N–H and O–H groups in total. The van der Waals surface area contributed by atoms with Gasteiger partial charge in [0, 0.05) is 10.9 Å². The summed E-state index contributed by atoms with van der Waals surface area (Å²) in [6.45, 7) is 0.695. The SMILES string of the molecule is Fc1ccc(Br)cc1OC1CCCCO1. The van der Waals surface area contributed by atoms with Crippen LogP contribution in [-0.4, -0.2) is 12.9 Å². The van der Waals surface area contributed by atoms with Crippen LogP contribution in [0.3, 0.4) is 0 Å². The van der Waals surface area contributed by atoms with E-state index < -0.39 is 0 Å². The fourth-order valence-electron chi connectivity index (χ4n) is 1.51. The van der Waals surface area contributed by atoms with E-state index in [1.165, 1.54) is 6.07 Å². The third-order valence-corrected chi connectivity index (χ3v) is 2.78. The zero-order valence-electron chi connectivity index (χ0n) is 8.21. The van der Waals surface area contributed by atoms with Gasteiger partial charge in [-0.25, -0.2) is 4.39 Å². The molecule has 0 aromatic heterocycles. The molecule has 1 heterocycles. The van der Waals surface area contributed by atoms with Crippen molar-refractivity contribution in [1.29, 1.82) is 0 Å².